The fourth-order valence-corrected chi connectivity index (χ4v) is 4.35. The Bertz CT molecular complexity index is 1100. The van der Waals surface area contributed by atoms with E-state index in [-0.39, 0.29) is 17.9 Å². The number of primary amides is 1. The van der Waals surface area contributed by atoms with Crippen LogP contribution in [0.15, 0.2) is 43.0 Å². The van der Waals surface area contributed by atoms with Gasteiger partial charge in [0.25, 0.3) is 0 Å². The maximum Gasteiger partial charge on any atom is 0.341 e. The molecule has 1 fully saturated rings. The molecule has 0 bridgehead atoms. The van der Waals surface area contributed by atoms with Gasteiger partial charge in [-0.2, -0.15) is 0 Å². The average molecular weight is 456 g/mol. The molecule has 0 aliphatic carbocycles. The lowest BCUT2D eigenvalue weighted by atomic mass is 10.1. The van der Waals surface area contributed by atoms with E-state index in [1.807, 2.05) is 12.1 Å². The normalized spacial score (nSPS) is 15.8. The van der Waals surface area contributed by atoms with E-state index in [9.17, 15) is 14.4 Å². The van der Waals surface area contributed by atoms with Crippen LogP contribution in [0.1, 0.15) is 23.2 Å². The van der Waals surface area contributed by atoms with Crippen LogP contribution in [0, 0.1) is 0 Å². The molecule has 4 rings (SSSR count). The third kappa shape index (κ3) is 5.03. The molecule has 0 aromatic carbocycles. The number of esters is 1. The van der Waals surface area contributed by atoms with E-state index < -0.39 is 24.1 Å². The Morgan fingerprint density at radius 2 is 2.16 bits per heavy atom. The molecule has 166 valence electrons. The second kappa shape index (κ2) is 9.47. The number of anilines is 2. The lowest BCUT2D eigenvalue weighted by molar-refractivity contribution is 0.0129. The van der Waals surface area contributed by atoms with Crippen molar-refractivity contribution in [2.75, 3.05) is 23.7 Å². The number of aromatic nitrogens is 3. The Balaban J connectivity index is 1.52. The summed E-state index contributed by atoms with van der Waals surface area (Å²) in [5.41, 5.74) is 6.36. The standard InChI is InChI=1S/C20H21N7O4S/c21-19(29)27-8-2-3-12(11-27)31-18(28)13-9-15(14-4-1-5-23-14)32-17(13)26-20(30)25-16-10-22-6-7-24-16/h1,4-7,9-10,12,23H,2-3,8,11H2,(H2,21,29)(H2,24,25,26,30). The Kier molecular flexibility index (Phi) is 6.31. The fraction of sp³-hybridized carbons (Fsp3) is 0.250. The van der Waals surface area contributed by atoms with Crippen molar-refractivity contribution in [1.29, 1.82) is 0 Å². The first-order valence-electron chi connectivity index (χ1n) is 9.86. The molecule has 3 aromatic heterocycles. The van der Waals surface area contributed by atoms with Crippen LogP contribution in [0.3, 0.4) is 0 Å². The Morgan fingerprint density at radius 1 is 1.28 bits per heavy atom. The molecule has 0 radical (unpaired) electrons. The Morgan fingerprint density at radius 3 is 2.88 bits per heavy atom. The van der Waals surface area contributed by atoms with Gasteiger partial charge in [0.05, 0.1) is 28.9 Å². The van der Waals surface area contributed by atoms with Gasteiger partial charge < -0.3 is 20.4 Å². The van der Waals surface area contributed by atoms with Crippen LogP contribution in [0.2, 0.25) is 0 Å². The van der Waals surface area contributed by atoms with E-state index in [0.717, 1.165) is 10.6 Å². The van der Waals surface area contributed by atoms with Gasteiger partial charge in [0.1, 0.15) is 11.1 Å². The smallest absolute Gasteiger partial charge is 0.341 e. The largest absolute Gasteiger partial charge is 0.457 e. The zero-order valence-electron chi connectivity index (χ0n) is 16.9. The molecule has 1 saturated heterocycles. The van der Waals surface area contributed by atoms with E-state index in [1.165, 1.54) is 34.8 Å². The predicted molar refractivity (Wildman–Crippen MR) is 118 cm³/mol. The third-order valence-electron chi connectivity index (χ3n) is 4.81. The number of likely N-dealkylation sites (tertiary alicyclic amines) is 1. The number of carbonyl (C=O) groups excluding carboxylic acids is 3. The highest BCUT2D eigenvalue weighted by Crippen LogP contribution is 2.35. The summed E-state index contributed by atoms with van der Waals surface area (Å²) >= 11 is 1.23. The minimum Gasteiger partial charge on any atom is -0.457 e. The maximum atomic E-state index is 13.0. The number of rotatable bonds is 5. The van der Waals surface area contributed by atoms with Crippen LogP contribution in [0.5, 0.6) is 0 Å². The van der Waals surface area contributed by atoms with Crippen molar-refractivity contribution in [3.63, 3.8) is 0 Å². The topological polar surface area (TPSA) is 155 Å². The summed E-state index contributed by atoms with van der Waals surface area (Å²) in [6.45, 7) is 0.777. The first kappa shape index (κ1) is 21.3. The van der Waals surface area contributed by atoms with Gasteiger partial charge in [-0.15, -0.1) is 11.3 Å². The van der Waals surface area contributed by atoms with Crippen molar-refractivity contribution >= 4 is 40.2 Å². The second-order valence-electron chi connectivity index (χ2n) is 7.06. The summed E-state index contributed by atoms with van der Waals surface area (Å²) in [5.74, 6) is -0.325. The van der Waals surface area contributed by atoms with Crippen LogP contribution < -0.4 is 16.4 Å². The summed E-state index contributed by atoms with van der Waals surface area (Å²) in [4.78, 5) is 50.1. The number of nitrogens with zero attached hydrogens (tertiary/aromatic N) is 3. The van der Waals surface area contributed by atoms with E-state index >= 15 is 0 Å². The molecule has 3 aromatic rings. The SMILES string of the molecule is NC(=O)N1CCCC(OC(=O)c2cc(-c3ccc[nH]3)sc2NC(=O)Nc2cnccn2)C1. The lowest BCUT2D eigenvalue weighted by Crippen LogP contribution is -2.46. The number of nitrogens with two attached hydrogens (primary N) is 1. The van der Waals surface area contributed by atoms with E-state index in [4.69, 9.17) is 10.5 Å². The highest BCUT2D eigenvalue weighted by Gasteiger charge is 2.28. The summed E-state index contributed by atoms with van der Waals surface area (Å²) in [6.07, 6.45) is 6.94. The van der Waals surface area contributed by atoms with Crippen LogP contribution in [0.4, 0.5) is 20.4 Å². The lowest BCUT2D eigenvalue weighted by Gasteiger charge is -2.31. The number of aromatic amines is 1. The van der Waals surface area contributed by atoms with Gasteiger partial charge in [-0.25, -0.2) is 19.4 Å². The number of nitrogens with one attached hydrogen (secondary N) is 3. The first-order chi connectivity index (χ1) is 15.5. The van der Waals surface area contributed by atoms with Crippen molar-refractivity contribution in [2.24, 2.45) is 5.73 Å². The minimum atomic E-state index is -0.592. The number of hydrogen-bond acceptors (Lipinski definition) is 7. The molecule has 1 aliphatic rings. The summed E-state index contributed by atoms with van der Waals surface area (Å²) in [7, 11) is 0. The first-order valence-corrected chi connectivity index (χ1v) is 10.7. The van der Waals surface area contributed by atoms with Crippen molar-refractivity contribution in [2.45, 2.75) is 18.9 Å². The molecule has 4 amide bonds. The minimum absolute atomic E-state index is 0.213. The van der Waals surface area contributed by atoms with Gasteiger partial charge in [-0.1, -0.05) is 0 Å². The molecule has 4 heterocycles. The van der Waals surface area contributed by atoms with Crippen molar-refractivity contribution in [3.05, 3.63) is 48.5 Å². The van der Waals surface area contributed by atoms with Crippen molar-refractivity contribution < 1.29 is 19.1 Å². The molecule has 11 nitrogen and oxygen atoms in total. The second-order valence-corrected chi connectivity index (χ2v) is 8.11. The molecule has 1 unspecified atom stereocenters. The van der Waals surface area contributed by atoms with Crippen LogP contribution in [-0.4, -0.2) is 57.1 Å². The van der Waals surface area contributed by atoms with Gasteiger partial charge >= 0.3 is 18.0 Å². The monoisotopic (exact) mass is 455 g/mol. The third-order valence-corrected chi connectivity index (χ3v) is 5.89. The Labute approximate surface area is 187 Å². The van der Waals surface area contributed by atoms with Gasteiger partial charge in [0, 0.05) is 25.1 Å². The quantitative estimate of drug-likeness (QED) is 0.434. The van der Waals surface area contributed by atoms with Crippen molar-refractivity contribution in [1.82, 2.24) is 19.9 Å². The van der Waals surface area contributed by atoms with Gasteiger partial charge in [0.15, 0.2) is 5.82 Å². The zero-order valence-corrected chi connectivity index (χ0v) is 17.7. The highest BCUT2D eigenvalue weighted by atomic mass is 32.1. The molecule has 1 atom stereocenters. The van der Waals surface area contributed by atoms with Crippen LogP contribution in [0.25, 0.3) is 10.6 Å². The van der Waals surface area contributed by atoms with Gasteiger partial charge in [-0.05, 0) is 31.0 Å². The Hall–Kier alpha value is -3.93. The molecule has 1 aliphatic heterocycles. The number of hydrogen-bond donors (Lipinski definition) is 4. The zero-order chi connectivity index (χ0) is 22.5. The van der Waals surface area contributed by atoms with Gasteiger partial charge in [0.2, 0.25) is 0 Å². The highest BCUT2D eigenvalue weighted by molar-refractivity contribution is 7.20. The molecular weight excluding hydrogens is 434 g/mol. The molecular formula is C20H21N7O4S. The van der Waals surface area contributed by atoms with E-state index in [0.29, 0.717) is 24.4 Å². The fourth-order valence-electron chi connectivity index (χ4n) is 3.32. The summed E-state index contributed by atoms with van der Waals surface area (Å²) in [6, 6.07) is 4.23. The van der Waals surface area contributed by atoms with Gasteiger partial charge in [-0.3, -0.25) is 15.6 Å². The number of H-pyrrole nitrogens is 1. The van der Waals surface area contributed by atoms with Crippen LogP contribution >= 0.6 is 11.3 Å². The van der Waals surface area contributed by atoms with Crippen molar-refractivity contribution in [3.8, 4) is 10.6 Å². The average Bonchev–Trinajstić information content (AvgIpc) is 3.44. The number of thiophene rings is 1. The number of urea groups is 2. The predicted octanol–water partition coefficient (Wildman–Crippen LogP) is 2.88. The van der Waals surface area contributed by atoms with Crippen LogP contribution in [-0.2, 0) is 4.74 Å². The number of piperidine rings is 1. The number of carbonyl (C=O) groups is 3. The number of ether oxygens (including phenoxy) is 1. The maximum absolute atomic E-state index is 13.0. The molecule has 5 N–H and O–H groups in total. The molecule has 32 heavy (non-hydrogen) atoms. The number of amides is 4. The van der Waals surface area contributed by atoms with E-state index in [1.54, 1.807) is 12.3 Å². The molecule has 0 spiro atoms. The van der Waals surface area contributed by atoms with E-state index in [2.05, 4.69) is 25.6 Å². The summed E-state index contributed by atoms with van der Waals surface area (Å²) in [5, 5.41) is 5.58. The molecule has 12 heteroatoms. The molecule has 0 saturated carbocycles. The summed E-state index contributed by atoms with van der Waals surface area (Å²) < 4.78 is 5.64.